The highest BCUT2D eigenvalue weighted by Crippen LogP contribution is 2.30. The van der Waals surface area contributed by atoms with Crippen LogP contribution in [0, 0.1) is 10.1 Å². The summed E-state index contributed by atoms with van der Waals surface area (Å²) in [5.41, 5.74) is 2.46. The Morgan fingerprint density at radius 3 is 2.50 bits per heavy atom. The molecule has 2 amide bonds. The van der Waals surface area contributed by atoms with Crippen LogP contribution >= 0.6 is 0 Å². The van der Waals surface area contributed by atoms with Crippen molar-refractivity contribution in [2.45, 2.75) is 13.0 Å². The molecule has 0 spiro atoms. The molecule has 2 aromatic rings. The van der Waals surface area contributed by atoms with E-state index in [1.807, 2.05) is 18.2 Å². The summed E-state index contributed by atoms with van der Waals surface area (Å²) >= 11 is 0. The van der Waals surface area contributed by atoms with E-state index in [0.717, 1.165) is 11.3 Å². The van der Waals surface area contributed by atoms with Crippen molar-refractivity contribution >= 4 is 23.4 Å². The first-order chi connectivity index (χ1) is 17.4. The van der Waals surface area contributed by atoms with Gasteiger partial charge in [0.2, 0.25) is 0 Å². The second-order valence-electron chi connectivity index (χ2n) is 8.46. The lowest BCUT2D eigenvalue weighted by molar-refractivity contribution is -0.384. The fourth-order valence-electron chi connectivity index (χ4n) is 4.43. The highest BCUT2D eigenvalue weighted by Gasteiger charge is 2.34. The molecule has 11 heteroatoms. The molecule has 1 unspecified atom stereocenters. The van der Waals surface area contributed by atoms with E-state index >= 15 is 0 Å². The SMILES string of the molecule is CCOC(=O)C1=C(CN2CCN(c3cccc([N+](=O)[O-])c3)CC2)NC(=O)NC1c1ccc(OC)cc1. The predicted molar refractivity (Wildman–Crippen MR) is 133 cm³/mol. The molecule has 0 radical (unpaired) electrons. The van der Waals surface area contributed by atoms with E-state index in [2.05, 4.69) is 20.4 Å². The van der Waals surface area contributed by atoms with E-state index in [4.69, 9.17) is 9.47 Å². The van der Waals surface area contributed by atoms with Crippen LogP contribution in [0.25, 0.3) is 0 Å². The average Bonchev–Trinajstić information content (AvgIpc) is 2.89. The number of esters is 1. The van der Waals surface area contributed by atoms with E-state index in [1.54, 1.807) is 38.3 Å². The molecule has 2 aromatic carbocycles. The van der Waals surface area contributed by atoms with E-state index in [0.29, 0.717) is 49.7 Å². The number of benzene rings is 2. The monoisotopic (exact) mass is 495 g/mol. The molecule has 0 saturated carbocycles. The number of ether oxygens (including phenoxy) is 2. The maximum absolute atomic E-state index is 13.0. The minimum absolute atomic E-state index is 0.0566. The molecular weight excluding hydrogens is 466 g/mol. The van der Waals surface area contributed by atoms with E-state index in [9.17, 15) is 19.7 Å². The van der Waals surface area contributed by atoms with Gasteiger partial charge in [0.15, 0.2) is 0 Å². The highest BCUT2D eigenvalue weighted by molar-refractivity contribution is 5.95. The Morgan fingerprint density at radius 2 is 1.86 bits per heavy atom. The van der Waals surface area contributed by atoms with Crippen LogP contribution in [0.2, 0.25) is 0 Å². The van der Waals surface area contributed by atoms with Crippen molar-refractivity contribution in [3.63, 3.8) is 0 Å². The zero-order chi connectivity index (χ0) is 25.7. The Kier molecular flexibility index (Phi) is 7.69. The van der Waals surface area contributed by atoms with Gasteiger partial charge in [-0.3, -0.25) is 15.0 Å². The Hall–Kier alpha value is -4.12. The molecule has 0 aliphatic carbocycles. The van der Waals surface area contributed by atoms with Gasteiger partial charge in [0, 0.05) is 56.2 Å². The molecule has 1 atom stereocenters. The minimum Gasteiger partial charge on any atom is -0.497 e. The Morgan fingerprint density at radius 1 is 1.14 bits per heavy atom. The van der Waals surface area contributed by atoms with Gasteiger partial charge in [0.05, 0.1) is 30.3 Å². The lowest BCUT2D eigenvalue weighted by Gasteiger charge is -2.38. The minimum atomic E-state index is -0.662. The second kappa shape index (κ2) is 11.1. The van der Waals surface area contributed by atoms with Crippen molar-refractivity contribution in [1.29, 1.82) is 0 Å². The fourth-order valence-corrected chi connectivity index (χ4v) is 4.43. The first-order valence-corrected chi connectivity index (χ1v) is 11.7. The number of non-ortho nitro benzene ring substituents is 1. The van der Waals surface area contributed by atoms with Gasteiger partial charge in [-0.1, -0.05) is 18.2 Å². The summed E-state index contributed by atoms with van der Waals surface area (Å²) < 4.78 is 10.6. The maximum atomic E-state index is 13.0. The largest absolute Gasteiger partial charge is 0.497 e. The summed E-state index contributed by atoms with van der Waals surface area (Å²) in [5.74, 6) is 0.179. The molecule has 4 rings (SSSR count). The van der Waals surface area contributed by atoms with Crippen LogP contribution in [0.15, 0.2) is 59.8 Å². The molecule has 190 valence electrons. The zero-order valence-corrected chi connectivity index (χ0v) is 20.2. The first-order valence-electron chi connectivity index (χ1n) is 11.7. The number of hydrogen-bond acceptors (Lipinski definition) is 8. The number of nitrogens with zero attached hydrogens (tertiary/aromatic N) is 3. The van der Waals surface area contributed by atoms with Crippen LogP contribution in [0.1, 0.15) is 18.5 Å². The number of nitrogens with one attached hydrogen (secondary N) is 2. The van der Waals surface area contributed by atoms with Gasteiger partial charge in [0.1, 0.15) is 5.75 Å². The van der Waals surface area contributed by atoms with Crippen molar-refractivity contribution in [2.75, 3.05) is 51.3 Å². The summed E-state index contributed by atoms with van der Waals surface area (Å²) in [5, 5.41) is 16.8. The normalized spacial score (nSPS) is 18.3. The third kappa shape index (κ3) is 5.57. The standard InChI is InChI=1S/C25H29N5O6/c1-3-36-24(31)22-21(26-25(32)27-23(22)17-7-9-20(35-2)10-8-17)16-28-11-13-29(14-12-28)18-5-4-6-19(15-18)30(33)34/h4-10,15,23H,3,11-14,16H2,1-2H3,(H2,26,27,32). The number of anilines is 1. The van der Waals surface area contributed by atoms with Crippen molar-refractivity contribution in [1.82, 2.24) is 15.5 Å². The molecule has 11 nitrogen and oxygen atoms in total. The quantitative estimate of drug-likeness (QED) is 0.325. The number of methoxy groups -OCH3 is 1. The van der Waals surface area contributed by atoms with Gasteiger partial charge in [-0.2, -0.15) is 0 Å². The lowest BCUT2D eigenvalue weighted by Crippen LogP contribution is -2.51. The summed E-state index contributed by atoms with van der Waals surface area (Å²) in [6, 6.07) is 12.7. The van der Waals surface area contributed by atoms with E-state index in [1.165, 1.54) is 6.07 Å². The van der Waals surface area contributed by atoms with Gasteiger partial charge >= 0.3 is 12.0 Å². The predicted octanol–water partition coefficient (Wildman–Crippen LogP) is 2.60. The molecular formula is C25H29N5O6. The van der Waals surface area contributed by atoms with Crippen molar-refractivity contribution in [3.05, 3.63) is 75.5 Å². The summed E-state index contributed by atoms with van der Waals surface area (Å²) in [7, 11) is 1.57. The van der Waals surface area contributed by atoms with Crippen LogP contribution < -0.4 is 20.3 Å². The molecule has 36 heavy (non-hydrogen) atoms. The smallest absolute Gasteiger partial charge is 0.338 e. The molecule has 2 heterocycles. The number of rotatable bonds is 8. The number of amides is 2. The third-order valence-corrected chi connectivity index (χ3v) is 6.26. The Labute approximate surface area is 208 Å². The first kappa shape index (κ1) is 25.0. The van der Waals surface area contributed by atoms with Crippen LogP contribution in [0.3, 0.4) is 0 Å². The number of carbonyl (C=O) groups is 2. The topological polar surface area (TPSA) is 126 Å². The maximum Gasteiger partial charge on any atom is 0.338 e. The number of carbonyl (C=O) groups excluding carboxylic acids is 2. The van der Waals surface area contributed by atoms with Crippen molar-refractivity contribution in [2.24, 2.45) is 0 Å². The van der Waals surface area contributed by atoms with Crippen LogP contribution in [0.4, 0.5) is 16.2 Å². The van der Waals surface area contributed by atoms with E-state index in [-0.39, 0.29) is 12.3 Å². The van der Waals surface area contributed by atoms with Gasteiger partial charge in [-0.25, -0.2) is 9.59 Å². The number of nitro groups is 1. The Balaban J connectivity index is 1.54. The molecule has 1 saturated heterocycles. The number of piperazine rings is 1. The van der Waals surface area contributed by atoms with Crippen molar-refractivity contribution in [3.8, 4) is 5.75 Å². The third-order valence-electron chi connectivity index (χ3n) is 6.26. The van der Waals surface area contributed by atoms with Crippen LogP contribution in [-0.4, -0.2) is 68.3 Å². The molecule has 0 aromatic heterocycles. The van der Waals surface area contributed by atoms with Gasteiger partial charge in [-0.05, 0) is 30.7 Å². The molecule has 2 aliphatic rings. The highest BCUT2D eigenvalue weighted by atomic mass is 16.6. The van der Waals surface area contributed by atoms with Gasteiger partial charge < -0.3 is 25.0 Å². The molecule has 2 N–H and O–H groups in total. The van der Waals surface area contributed by atoms with E-state index < -0.39 is 23.0 Å². The fraction of sp³-hybridized carbons (Fsp3) is 0.360. The number of nitro benzene ring substituents is 1. The lowest BCUT2D eigenvalue weighted by atomic mass is 9.94. The number of urea groups is 1. The zero-order valence-electron chi connectivity index (χ0n) is 20.2. The van der Waals surface area contributed by atoms with Crippen LogP contribution in [0.5, 0.6) is 5.75 Å². The Bertz CT molecular complexity index is 1160. The molecule has 2 aliphatic heterocycles. The summed E-state index contributed by atoms with van der Waals surface area (Å²) in [6.45, 7) is 4.91. The van der Waals surface area contributed by atoms with Crippen molar-refractivity contribution < 1.29 is 24.0 Å². The molecule has 0 bridgehead atoms. The summed E-state index contributed by atoms with van der Waals surface area (Å²) in [6.07, 6.45) is 0. The summed E-state index contributed by atoms with van der Waals surface area (Å²) in [4.78, 5) is 40.5. The second-order valence-corrected chi connectivity index (χ2v) is 8.46. The number of hydrogen-bond donors (Lipinski definition) is 2. The van der Waals surface area contributed by atoms with Gasteiger partial charge in [0.25, 0.3) is 5.69 Å². The van der Waals surface area contributed by atoms with Crippen LogP contribution in [-0.2, 0) is 9.53 Å². The van der Waals surface area contributed by atoms with Gasteiger partial charge in [-0.15, -0.1) is 0 Å². The average molecular weight is 496 g/mol. The molecule has 1 fully saturated rings.